The molecular formula is C35H38F9N3O4. The van der Waals surface area contributed by atoms with E-state index in [0.29, 0.717) is 17.2 Å². The van der Waals surface area contributed by atoms with Crippen LogP contribution < -0.4 is 10.9 Å². The van der Waals surface area contributed by atoms with Crippen molar-refractivity contribution in [3.63, 3.8) is 0 Å². The third-order valence-corrected chi connectivity index (χ3v) is 8.56. The summed E-state index contributed by atoms with van der Waals surface area (Å²) in [5.74, 6) is -8.43. The van der Waals surface area contributed by atoms with Crippen LogP contribution in [0.4, 0.5) is 39.5 Å². The zero-order valence-corrected chi connectivity index (χ0v) is 28.6. The summed E-state index contributed by atoms with van der Waals surface area (Å²) in [4.78, 5) is 40.7. The van der Waals surface area contributed by atoms with Crippen LogP contribution in [0.15, 0.2) is 35.3 Å². The van der Waals surface area contributed by atoms with Crippen molar-refractivity contribution in [3.8, 4) is 11.1 Å². The number of hydrogen-bond acceptors (Lipinski definition) is 4. The zero-order valence-electron chi connectivity index (χ0n) is 28.6. The van der Waals surface area contributed by atoms with Crippen LogP contribution in [0.5, 0.6) is 0 Å². The fraction of sp³-hybridized carbons (Fsp3) is 0.457. The number of aryl methyl sites for hydroxylation is 1. The van der Waals surface area contributed by atoms with Gasteiger partial charge in [-0.3, -0.25) is 14.4 Å². The molecule has 3 aromatic rings. The van der Waals surface area contributed by atoms with E-state index >= 15 is 8.78 Å². The van der Waals surface area contributed by atoms with Crippen LogP contribution in [0.1, 0.15) is 79.1 Å². The fourth-order valence-electron chi connectivity index (χ4n) is 5.82. The second-order valence-electron chi connectivity index (χ2n) is 12.8. The van der Waals surface area contributed by atoms with Gasteiger partial charge in [0.05, 0.1) is 23.6 Å². The molecule has 0 bridgehead atoms. The number of alkyl halides is 6. The maximum atomic E-state index is 16.4. The molecule has 0 fully saturated rings. The van der Waals surface area contributed by atoms with E-state index in [1.807, 2.05) is 0 Å². The van der Waals surface area contributed by atoms with Gasteiger partial charge in [0.2, 0.25) is 5.91 Å². The van der Waals surface area contributed by atoms with E-state index in [1.54, 1.807) is 32.7 Å². The Morgan fingerprint density at radius 3 is 2.10 bits per heavy atom. The summed E-state index contributed by atoms with van der Waals surface area (Å²) < 4.78 is 132. The van der Waals surface area contributed by atoms with Crippen molar-refractivity contribution >= 4 is 11.9 Å². The number of hydrogen-bond donors (Lipinski definition) is 2. The number of aromatic nitrogens is 1. The number of nitrogens with one attached hydrogen (secondary N) is 1. The molecule has 0 radical (unpaired) electrons. The predicted octanol–water partition coefficient (Wildman–Crippen LogP) is 8.00. The first kappa shape index (κ1) is 41.1. The molecule has 1 aromatic heterocycles. The Morgan fingerprint density at radius 1 is 0.961 bits per heavy atom. The van der Waals surface area contributed by atoms with Crippen molar-refractivity contribution in [3.05, 3.63) is 91.6 Å². The van der Waals surface area contributed by atoms with Crippen LogP contribution in [0.3, 0.4) is 0 Å². The number of carboxylic acids is 1. The van der Waals surface area contributed by atoms with Crippen LogP contribution in [0.2, 0.25) is 0 Å². The van der Waals surface area contributed by atoms with Crippen LogP contribution in [0, 0.1) is 37.2 Å². The molecule has 0 saturated carbocycles. The average Bonchev–Trinajstić information content (AvgIpc) is 3.00. The van der Waals surface area contributed by atoms with Gasteiger partial charge < -0.3 is 19.9 Å². The minimum atomic E-state index is -5.47. The Kier molecular flexibility index (Phi) is 12.8. The number of likely N-dealkylation sites (N-methyl/N-ethyl adjacent to an activating group) is 1. The topological polar surface area (TPSA) is 91.6 Å². The van der Waals surface area contributed by atoms with Crippen molar-refractivity contribution in [2.45, 2.75) is 78.3 Å². The Hall–Kier alpha value is -4.34. The summed E-state index contributed by atoms with van der Waals surface area (Å²) in [5.41, 5.74) is -7.88. The monoisotopic (exact) mass is 735 g/mol. The maximum absolute atomic E-state index is 16.4. The van der Waals surface area contributed by atoms with Crippen molar-refractivity contribution < 1.29 is 54.2 Å². The molecule has 1 heterocycles. The van der Waals surface area contributed by atoms with E-state index in [-0.39, 0.29) is 47.7 Å². The average molecular weight is 736 g/mol. The van der Waals surface area contributed by atoms with Gasteiger partial charge in [-0.05, 0) is 80.6 Å². The highest BCUT2D eigenvalue weighted by Gasteiger charge is 2.41. The van der Waals surface area contributed by atoms with Crippen molar-refractivity contribution in [2.75, 3.05) is 20.1 Å². The highest BCUT2D eigenvalue weighted by atomic mass is 19.4. The predicted molar refractivity (Wildman–Crippen MR) is 170 cm³/mol. The molecule has 51 heavy (non-hydrogen) atoms. The number of benzene rings is 2. The number of nitrogens with zero attached hydrogens (tertiary/aromatic N) is 2. The van der Waals surface area contributed by atoms with Gasteiger partial charge in [-0.25, -0.2) is 13.2 Å². The number of aliphatic carboxylic acids is 1. The van der Waals surface area contributed by atoms with Crippen molar-refractivity contribution in [1.29, 1.82) is 0 Å². The first-order valence-electron chi connectivity index (χ1n) is 15.9. The van der Waals surface area contributed by atoms with Crippen LogP contribution in [-0.4, -0.2) is 46.6 Å². The van der Waals surface area contributed by atoms with E-state index in [2.05, 4.69) is 5.32 Å². The maximum Gasteiger partial charge on any atom is 0.419 e. The number of carbonyl (C=O) groups excluding carboxylic acids is 1. The summed E-state index contributed by atoms with van der Waals surface area (Å²) in [6, 6.07) is -1.45. The molecule has 0 aliphatic heterocycles. The largest absolute Gasteiger partial charge is 0.481 e. The van der Waals surface area contributed by atoms with E-state index in [0.717, 1.165) is 25.3 Å². The van der Waals surface area contributed by atoms with E-state index in [4.69, 9.17) is 0 Å². The van der Waals surface area contributed by atoms with Gasteiger partial charge >= 0.3 is 18.3 Å². The highest BCUT2D eigenvalue weighted by molar-refractivity contribution is 5.82. The second kappa shape index (κ2) is 15.9. The number of carboxylic acid groups (broad SMARTS) is 1. The van der Waals surface area contributed by atoms with E-state index in [1.165, 1.54) is 6.92 Å². The molecule has 3 rings (SSSR count). The molecule has 0 aliphatic carbocycles. The standard InChI is InChI=1S/C35H38F9N3O4/c1-7-46(6)11-10-20-16-47(27(48)14-22(20)34(39,40)41)26(12-17(2)3)33(51)45-25(15-28(49)50)30-31(37)21(13-23(32(30)38)35(42,43)44)29-18(4)8-9-24(36)19(29)5/h8-9,13-14,16-17,25-26H,7,10-12,15H2,1-6H3,(H,45,51)(H,49,50)/t25-,26?/m0/s1. The quantitative estimate of drug-likeness (QED) is 0.174. The molecule has 2 N–H and O–H groups in total. The SMILES string of the molecule is CCN(C)CCc1cn(C(CC(C)C)C(=O)N[C@@H](CC(=O)O)c2c(F)c(-c3c(C)ccc(F)c3C)cc(C(F)(F)F)c2F)c(=O)cc1C(F)(F)F. The molecule has 0 spiro atoms. The van der Waals surface area contributed by atoms with E-state index in [9.17, 15) is 50.2 Å². The van der Waals surface area contributed by atoms with Crippen LogP contribution >= 0.6 is 0 Å². The summed E-state index contributed by atoms with van der Waals surface area (Å²) in [7, 11) is 1.65. The van der Waals surface area contributed by atoms with Gasteiger partial charge in [0.15, 0.2) is 0 Å². The van der Waals surface area contributed by atoms with Crippen molar-refractivity contribution in [2.24, 2.45) is 5.92 Å². The first-order chi connectivity index (χ1) is 23.5. The molecule has 2 atom stereocenters. The smallest absolute Gasteiger partial charge is 0.419 e. The number of rotatable bonds is 13. The lowest BCUT2D eigenvalue weighted by atomic mass is 9.89. The Bertz CT molecular complexity index is 1840. The molecule has 7 nitrogen and oxygen atoms in total. The molecule has 0 saturated heterocycles. The summed E-state index contributed by atoms with van der Waals surface area (Å²) in [6.07, 6.45) is -11.4. The molecular weight excluding hydrogens is 697 g/mol. The molecule has 1 amide bonds. The second-order valence-corrected chi connectivity index (χ2v) is 12.8. The van der Waals surface area contributed by atoms with Crippen LogP contribution in [0.25, 0.3) is 11.1 Å². The minimum Gasteiger partial charge on any atom is -0.481 e. The number of carbonyl (C=O) groups is 2. The van der Waals surface area contributed by atoms with Crippen LogP contribution in [-0.2, 0) is 28.4 Å². The van der Waals surface area contributed by atoms with Gasteiger partial charge in [-0.1, -0.05) is 26.8 Å². The van der Waals surface area contributed by atoms with E-state index < -0.39 is 93.9 Å². The fourth-order valence-corrected chi connectivity index (χ4v) is 5.82. The number of halogens is 9. The Morgan fingerprint density at radius 2 is 1.57 bits per heavy atom. The summed E-state index contributed by atoms with van der Waals surface area (Å²) in [6.45, 7) is 8.03. The summed E-state index contributed by atoms with van der Waals surface area (Å²) in [5, 5.41) is 11.7. The summed E-state index contributed by atoms with van der Waals surface area (Å²) >= 11 is 0. The first-order valence-corrected chi connectivity index (χ1v) is 15.9. The van der Waals surface area contributed by atoms with Gasteiger partial charge in [0.25, 0.3) is 5.56 Å². The molecule has 2 aromatic carbocycles. The zero-order chi connectivity index (χ0) is 38.7. The van der Waals surface area contributed by atoms with Gasteiger partial charge in [-0.15, -0.1) is 0 Å². The van der Waals surface area contributed by atoms with Gasteiger partial charge in [0, 0.05) is 29.9 Å². The lowest BCUT2D eigenvalue weighted by Gasteiger charge is -2.27. The molecule has 16 heteroatoms. The molecule has 280 valence electrons. The van der Waals surface area contributed by atoms with Crippen molar-refractivity contribution in [1.82, 2.24) is 14.8 Å². The molecule has 1 unspecified atom stereocenters. The third kappa shape index (κ3) is 9.51. The minimum absolute atomic E-state index is 0.0944. The number of amides is 1. The third-order valence-electron chi connectivity index (χ3n) is 8.56. The lowest BCUT2D eigenvalue weighted by molar-refractivity contribution is -0.140. The Labute approximate surface area is 288 Å². The lowest BCUT2D eigenvalue weighted by Crippen LogP contribution is -2.41. The van der Waals surface area contributed by atoms with Gasteiger partial charge in [0.1, 0.15) is 23.5 Å². The molecule has 0 aliphatic rings. The number of pyridine rings is 1. The Balaban J connectivity index is 2.29. The van der Waals surface area contributed by atoms with Gasteiger partial charge in [-0.2, -0.15) is 26.3 Å². The normalized spacial score (nSPS) is 13.5. The highest BCUT2D eigenvalue weighted by Crippen LogP contribution is 2.42.